The van der Waals surface area contributed by atoms with Crippen LogP contribution in [0.25, 0.3) is 0 Å². The minimum Gasteiger partial charge on any atom is -0.390 e. The van der Waals surface area contributed by atoms with Gasteiger partial charge in [0.05, 0.1) is 32.0 Å². The minimum atomic E-state index is -0.744. The van der Waals surface area contributed by atoms with Crippen molar-refractivity contribution in [2.45, 2.75) is 34.8 Å². The fourth-order valence-electron chi connectivity index (χ4n) is 5.02. The van der Waals surface area contributed by atoms with E-state index in [1.165, 1.54) is 0 Å². The summed E-state index contributed by atoms with van der Waals surface area (Å²) in [7, 11) is 0. The van der Waals surface area contributed by atoms with Crippen molar-refractivity contribution in [2.24, 2.45) is 23.7 Å². The Morgan fingerprint density at radius 3 is 1.67 bits per heavy atom. The summed E-state index contributed by atoms with van der Waals surface area (Å²) in [4.78, 5) is -1.49. The molecular formula is C12H12Cl4O2. The first-order chi connectivity index (χ1) is 8.32. The molecule has 0 unspecified atom stereocenters. The molecule has 4 aliphatic carbocycles. The lowest BCUT2D eigenvalue weighted by molar-refractivity contribution is -0.0559. The molecule has 0 saturated heterocycles. The zero-order valence-corrected chi connectivity index (χ0v) is 12.3. The van der Waals surface area contributed by atoms with Crippen LogP contribution in [0.2, 0.25) is 0 Å². The number of halogens is 4. The van der Waals surface area contributed by atoms with E-state index in [1.54, 1.807) is 0 Å². The van der Waals surface area contributed by atoms with Gasteiger partial charge in [0.1, 0.15) is 0 Å². The number of hydrogen-bond acceptors (Lipinski definition) is 2. The van der Waals surface area contributed by atoms with Gasteiger partial charge >= 0.3 is 0 Å². The van der Waals surface area contributed by atoms with Gasteiger partial charge in [-0.1, -0.05) is 23.2 Å². The molecule has 18 heavy (non-hydrogen) atoms. The van der Waals surface area contributed by atoms with Crippen molar-refractivity contribution in [3.05, 3.63) is 10.1 Å². The number of aliphatic hydroxyl groups excluding tert-OH is 2. The smallest absolute Gasteiger partial charge is 0.0868 e. The maximum Gasteiger partial charge on any atom is 0.0868 e. The summed E-state index contributed by atoms with van der Waals surface area (Å²) >= 11 is 25.9. The van der Waals surface area contributed by atoms with Crippen LogP contribution in [0.3, 0.4) is 0 Å². The zero-order chi connectivity index (χ0) is 13.0. The van der Waals surface area contributed by atoms with Crippen LogP contribution < -0.4 is 0 Å². The average Bonchev–Trinajstić information content (AvgIpc) is 2.95. The molecule has 4 aliphatic rings. The topological polar surface area (TPSA) is 40.5 Å². The first-order valence-electron chi connectivity index (χ1n) is 6.12. The van der Waals surface area contributed by atoms with Crippen LogP contribution in [0.15, 0.2) is 10.1 Å². The van der Waals surface area contributed by atoms with Gasteiger partial charge in [0.2, 0.25) is 0 Å². The van der Waals surface area contributed by atoms with Gasteiger partial charge in [-0.05, 0) is 36.5 Å². The SMILES string of the molecule is O[C@@H]1[C@H](O)[C@@H]2C[C@@H]1[C@@H]1[C@@H]2[C@]2(Cl)C[C@]1(Cl)C(Cl)=C2Cl. The summed E-state index contributed by atoms with van der Waals surface area (Å²) in [5.41, 5.74) is 0. The Bertz CT molecular complexity index is 441. The van der Waals surface area contributed by atoms with Gasteiger partial charge in [-0.15, -0.1) is 23.2 Å². The third-order valence-electron chi connectivity index (χ3n) is 5.57. The molecule has 0 aromatic rings. The first kappa shape index (κ1) is 12.6. The average molecular weight is 330 g/mol. The second kappa shape index (κ2) is 3.35. The largest absolute Gasteiger partial charge is 0.390 e. The summed E-state index contributed by atoms with van der Waals surface area (Å²) in [6.45, 7) is 0. The number of hydrogen-bond donors (Lipinski definition) is 2. The molecule has 0 heterocycles. The highest BCUT2D eigenvalue weighted by molar-refractivity contribution is 6.51. The van der Waals surface area contributed by atoms with Crippen molar-refractivity contribution in [3.63, 3.8) is 0 Å². The van der Waals surface area contributed by atoms with Gasteiger partial charge < -0.3 is 10.2 Å². The lowest BCUT2D eigenvalue weighted by Gasteiger charge is -2.43. The quantitative estimate of drug-likeness (QED) is 0.530. The van der Waals surface area contributed by atoms with Crippen LogP contribution in [0, 0.1) is 23.7 Å². The van der Waals surface area contributed by atoms with Gasteiger partial charge in [-0.3, -0.25) is 0 Å². The summed E-state index contributed by atoms with van der Waals surface area (Å²) < 4.78 is 0. The number of rotatable bonds is 0. The molecule has 6 heteroatoms. The minimum absolute atomic E-state index is 0.0216. The molecule has 0 spiro atoms. The van der Waals surface area contributed by atoms with E-state index in [9.17, 15) is 10.2 Å². The maximum atomic E-state index is 10.1. The second-order valence-electron chi connectivity index (χ2n) is 6.13. The Kier molecular flexibility index (Phi) is 2.33. The van der Waals surface area contributed by atoms with Crippen LogP contribution >= 0.6 is 46.4 Å². The molecule has 8 atom stereocenters. The molecule has 2 nitrogen and oxygen atoms in total. The Hall–Kier alpha value is 0.820. The van der Waals surface area contributed by atoms with Crippen molar-refractivity contribution in [2.75, 3.05) is 0 Å². The summed E-state index contributed by atoms with van der Waals surface area (Å²) in [6.07, 6.45) is -0.165. The van der Waals surface area contributed by atoms with Crippen LogP contribution in [0.4, 0.5) is 0 Å². The Morgan fingerprint density at radius 2 is 1.28 bits per heavy atom. The lowest BCUT2D eigenvalue weighted by Crippen LogP contribution is -2.50. The summed E-state index contributed by atoms with van der Waals surface area (Å²) in [5, 5.41) is 21.0. The number of alkyl halides is 2. The Labute approximate surface area is 125 Å². The molecule has 2 N–H and O–H groups in total. The molecule has 0 aromatic carbocycles. The van der Waals surface area contributed by atoms with E-state index >= 15 is 0 Å². The van der Waals surface area contributed by atoms with Gasteiger partial charge in [-0.25, -0.2) is 0 Å². The van der Waals surface area contributed by atoms with Crippen LogP contribution in [-0.4, -0.2) is 32.2 Å². The molecule has 100 valence electrons. The zero-order valence-electron chi connectivity index (χ0n) is 9.28. The van der Waals surface area contributed by atoms with Gasteiger partial charge in [0, 0.05) is 0 Å². The van der Waals surface area contributed by atoms with Crippen molar-refractivity contribution >= 4 is 46.4 Å². The molecule has 0 aliphatic heterocycles. The molecular weight excluding hydrogens is 318 g/mol. The Balaban J connectivity index is 1.89. The standard InChI is InChI=1S/C12H12Cl4O2/c13-9-10(14)12(16)2-11(9,15)5-3-1-4(6(5)12)8(18)7(3)17/h3-8,17-18H,1-2H2/t3-,4-,5-,6-,7-,8+,11-,12-/m1/s1. The van der Waals surface area contributed by atoms with E-state index in [0.29, 0.717) is 16.5 Å². The highest BCUT2D eigenvalue weighted by atomic mass is 35.5. The van der Waals surface area contributed by atoms with Gasteiger partial charge in [0.25, 0.3) is 0 Å². The van der Waals surface area contributed by atoms with Crippen molar-refractivity contribution in [1.82, 2.24) is 0 Å². The molecule has 4 rings (SSSR count). The van der Waals surface area contributed by atoms with E-state index in [1.807, 2.05) is 0 Å². The summed E-state index contributed by atoms with van der Waals surface area (Å²) in [5.74, 6) is 0.00316. The monoisotopic (exact) mass is 328 g/mol. The highest BCUT2D eigenvalue weighted by Gasteiger charge is 2.77. The van der Waals surface area contributed by atoms with E-state index < -0.39 is 22.0 Å². The number of aliphatic hydroxyl groups is 2. The van der Waals surface area contributed by atoms with Crippen LogP contribution in [-0.2, 0) is 0 Å². The molecule has 4 bridgehead atoms. The highest BCUT2D eigenvalue weighted by Crippen LogP contribution is 2.76. The predicted octanol–water partition coefficient (Wildman–Crippen LogP) is 2.65. The molecule has 0 amide bonds. The van der Waals surface area contributed by atoms with E-state index in [-0.39, 0.29) is 23.7 Å². The van der Waals surface area contributed by atoms with E-state index in [2.05, 4.69) is 0 Å². The maximum absolute atomic E-state index is 10.1. The van der Waals surface area contributed by atoms with Crippen molar-refractivity contribution in [3.8, 4) is 0 Å². The first-order valence-corrected chi connectivity index (χ1v) is 7.64. The fourth-order valence-corrected chi connectivity index (χ4v) is 7.11. The lowest BCUT2D eigenvalue weighted by atomic mass is 9.70. The Morgan fingerprint density at radius 1 is 0.889 bits per heavy atom. The van der Waals surface area contributed by atoms with E-state index in [4.69, 9.17) is 46.4 Å². The predicted molar refractivity (Wildman–Crippen MR) is 71.1 cm³/mol. The van der Waals surface area contributed by atoms with Crippen LogP contribution in [0.1, 0.15) is 12.8 Å². The third kappa shape index (κ3) is 1.07. The van der Waals surface area contributed by atoms with Crippen molar-refractivity contribution < 1.29 is 10.2 Å². The van der Waals surface area contributed by atoms with Crippen LogP contribution in [0.5, 0.6) is 0 Å². The molecule has 0 aromatic heterocycles. The number of allylic oxidation sites excluding steroid dienone is 2. The fraction of sp³-hybridized carbons (Fsp3) is 0.833. The van der Waals surface area contributed by atoms with Crippen molar-refractivity contribution in [1.29, 1.82) is 0 Å². The number of fused-ring (bicyclic) bond motifs is 9. The third-order valence-corrected chi connectivity index (χ3v) is 8.07. The molecule has 0 radical (unpaired) electrons. The normalized spacial score (nSPS) is 65.0. The molecule has 3 saturated carbocycles. The molecule has 3 fully saturated rings. The summed E-state index contributed by atoms with van der Waals surface area (Å²) in [6, 6.07) is 0. The van der Waals surface area contributed by atoms with E-state index in [0.717, 1.165) is 6.42 Å². The van der Waals surface area contributed by atoms with Gasteiger partial charge in [0.15, 0.2) is 0 Å². The second-order valence-corrected chi connectivity index (χ2v) is 8.23. The van der Waals surface area contributed by atoms with Gasteiger partial charge in [-0.2, -0.15) is 0 Å².